The Morgan fingerprint density at radius 2 is 1.89 bits per heavy atom. The summed E-state index contributed by atoms with van der Waals surface area (Å²) in [6.45, 7) is 9.86. The maximum absolute atomic E-state index is 4.28. The number of hydrogen-bond acceptors (Lipinski definition) is 4. The summed E-state index contributed by atoms with van der Waals surface area (Å²) in [6, 6.07) is 0.205. The van der Waals surface area contributed by atoms with E-state index in [1.807, 2.05) is 0 Å². The van der Waals surface area contributed by atoms with Gasteiger partial charge in [0.05, 0.1) is 11.6 Å². The predicted octanol–water partition coefficient (Wildman–Crippen LogP) is 2.66. The van der Waals surface area contributed by atoms with Crippen molar-refractivity contribution in [3.05, 3.63) is 5.82 Å². The van der Waals surface area contributed by atoms with E-state index >= 15 is 0 Å². The standard InChI is InChI=1S/C14H27N5/c1-11(2)10-15-12(3)13-16-17-18-19(13)14(4)8-6-5-7-9-14/h11-12,15H,5-10H2,1-4H3. The lowest BCUT2D eigenvalue weighted by Crippen LogP contribution is -2.37. The Morgan fingerprint density at radius 3 is 2.53 bits per heavy atom. The lowest BCUT2D eigenvalue weighted by Gasteiger charge is -2.34. The molecule has 1 fully saturated rings. The second-order valence-electron chi connectivity index (χ2n) is 6.53. The number of rotatable bonds is 5. The third-order valence-corrected chi connectivity index (χ3v) is 4.16. The van der Waals surface area contributed by atoms with Crippen LogP contribution in [0.5, 0.6) is 0 Å². The molecule has 0 aliphatic heterocycles. The fourth-order valence-corrected chi connectivity index (χ4v) is 2.88. The first-order valence-electron chi connectivity index (χ1n) is 7.55. The molecule has 1 aromatic rings. The normalized spacial score (nSPS) is 20.7. The van der Waals surface area contributed by atoms with Gasteiger partial charge in [-0.15, -0.1) is 5.10 Å². The van der Waals surface area contributed by atoms with Gasteiger partial charge in [0.2, 0.25) is 0 Å². The van der Waals surface area contributed by atoms with Crippen molar-refractivity contribution < 1.29 is 0 Å². The largest absolute Gasteiger partial charge is 0.307 e. The third-order valence-electron chi connectivity index (χ3n) is 4.16. The van der Waals surface area contributed by atoms with Crippen LogP contribution in [0, 0.1) is 5.92 Å². The van der Waals surface area contributed by atoms with E-state index in [-0.39, 0.29) is 11.6 Å². The average molecular weight is 265 g/mol. The van der Waals surface area contributed by atoms with Crippen molar-refractivity contribution >= 4 is 0 Å². The minimum atomic E-state index is 0.102. The zero-order valence-electron chi connectivity index (χ0n) is 12.7. The maximum atomic E-state index is 4.28. The van der Waals surface area contributed by atoms with E-state index in [1.165, 1.54) is 32.1 Å². The van der Waals surface area contributed by atoms with Crippen LogP contribution in [0.2, 0.25) is 0 Å². The molecule has 0 aromatic carbocycles. The summed E-state index contributed by atoms with van der Waals surface area (Å²) < 4.78 is 2.07. The molecule has 1 saturated carbocycles. The van der Waals surface area contributed by atoms with Gasteiger partial charge in [-0.3, -0.25) is 0 Å². The summed E-state index contributed by atoms with van der Waals surface area (Å²) in [5, 5.41) is 16.0. The van der Waals surface area contributed by atoms with Gasteiger partial charge >= 0.3 is 0 Å². The molecule has 1 heterocycles. The molecule has 5 nitrogen and oxygen atoms in total. The highest BCUT2D eigenvalue weighted by molar-refractivity contribution is 4.97. The molecule has 0 radical (unpaired) electrons. The molecule has 1 aliphatic rings. The molecule has 0 amide bonds. The first-order chi connectivity index (χ1) is 9.03. The van der Waals surface area contributed by atoms with Crippen LogP contribution in [0.25, 0.3) is 0 Å². The van der Waals surface area contributed by atoms with Gasteiger partial charge < -0.3 is 5.32 Å². The average Bonchev–Trinajstić information content (AvgIpc) is 2.87. The molecule has 2 rings (SSSR count). The van der Waals surface area contributed by atoms with E-state index in [0.29, 0.717) is 5.92 Å². The van der Waals surface area contributed by atoms with Crippen molar-refractivity contribution in [1.29, 1.82) is 0 Å². The summed E-state index contributed by atoms with van der Waals surface area (Å²) in [7, 11) is 0. The van der Waals surface area contributed by atoms with Crippen molar-refractivity contribution in [2.24, 2.45) is 5.92 Å². The maximum Gasteiger partial charge on any atom is 0.168 e. The zero-order valence-corrected chi connectivity index (χ0v) is 12.7. The van der Waals surface area contributed by atoms with Gasteiger partial charge in [-0.2, -0.15) is 0 Å². The van der Waals surface area contributed by atoms with Gasteiger partial charge in [0.25, 0.3) is 0 Å². The second-order valence-corrected chi connectivity index (χ2v) is 6.53. The Bertz CT molecular complexity index is 392. The van der Waals surface area contributed by atoms with Crippen molar-refractivity contribution in [1.82, 2.24) is 25.5 Å². The van der Waals surface area contributed by atoms with Crippen LogP contribution in [0.1, 0.15) is 71.7 Å². The summed E-state index contributed by atoms with van der Waals surface area (Å²) in [6.07, 6.45) is 6.27. The lowest BCUT2D eigenvalue weighted by molar-refractivity contribution is 0.184. The highest BCUT2D eigenvalue weighted by atomic mass is 15.6. The van der Waals surface area contributed by atoms with Crippen LogP contribution >= 0.6 is 0 Å². The Labute approximate surface area is 116 Å². The summed E-state index contributed by atoms with van der Waals surface area (Å²) in [5.74, 6) is 1.61. The molecule has 0 spiro atoms. The highest BCUT2D eigenvalue weighted by Crippen LogP contribution is 2.35. The number of hydrogen-bond donors (Lipinski definition) is 1. The first kappa shape index (κ1) is 14.4. The SMILES string of the molecule is CC(C)CNC(C)c1nnnn1C1(C)CCCCC1. The second kappa shape index (κ2) is 5.99. The lowest BCUT2D eigenvalue weighted by atomic mass is 9.83. The summed E-state index contributed by atoms with van der Waals surface area (Å²) in [4.78, 5) is 0. The Balaban J connectivity index is 2.12. The van der Waals surface area contributed by atoms with Crippen LogP contribution in [-0.2, 0) is 5.54 Å². The Morgan fingerprint density at radius 1 is 1.21 bits per heavy atom. The molecule has 1 N–H and O–H groups in total. The number of tetrazole rings is 1. The third kappa shape index (κ3) is 3.32. The summed E-state index contributed by atoms with van der Waals surface area (Å²) in [5.41, 5.74) is 0.102. The van der Waals surface area contributed by atoms with E-state index in [1.54, 1.807) is 0 Å². The minimum Gasteiger partial charge on any atom is -0.307 e. The van der Waals surface area contributed by atoms with Crippen LogP contribution in [-0.4, -0.2) is 26.8 Å². The predicted molar refractivity (Wildman–Crippen MR) is 75.8 cm³/mol. The molecule has 0 bridgehead atoms. The van der Waals surface area contributed by atoms with E-state index in [0.717, 1.165) is 12.4 Å². The van der Waals surface area contributed by atoms with Crippen LogP contribution in [0.3, 0.4) is 0 Å². The molecule has 0 saturated heterocycles. The van der Waals surface area contributed by atoms with Crippen molar-refractivity contribution in [2.45, 2.75) is 71.4 Å². The van der Waals surface area contributed by atoms with E-state index in [2.05, 4.69) is 53.2 Å². The molecule has 1 unspecified atom stereocenters. The molecule has 1 aromatic heterocycles. The highest BCUT2D eigenvalue weighted by Gasteiger charge is 2.33. The number of aromatic nitrogens is 4. The van der Waals surface area contributed by atoms with E-state index < -0.39 is 0 Å². The minimum absolute atomic E-state index is 0.102. The quantitative estimate of drug-likeness (QED) is 0.889. The molecule has 19 heavy (non-hydrogen) atoms. The molecular weight excluding hydrogens is 238 g/mol. The van der Waals surface area contributed by atoms with Crippen LogP contribution in [0.15, 0.2) is 0 Å². The van der Waals surface area contributed by atoms with Crippen LogP contribution < -0.4 is 5.32 Å². The van der Waals surface area contributed by atoms with Gasteiger partial charge in [-0.05, 0) is 49.6 Å². The fraction of sp³-hybridized carbons (Fsp3) is 0.929. The molecular formula is C14H27N5. The van der Waals surface area contributed by atoms with Crippen molar-refractivity contribution in [3.8, 4) is 0 Å². The first-order valence-corrected chi connectivity index (χ1v) is 7.55. The number of nitrogens with zero attached hydrogens (tertiary/aromatic N) is 4. The van der Waals surface area contributed by atoms with Gasteiger partial charge in [-0.1, -0.05) is 33.1 Å². The van der Waals surface area contributed by atoms with E-state index in [9.17, 15) is 0 Å². The van der Waals surface area contributed by atoms with Gasteiger partial charge in [0.1, 0.15) is 0 Å². The van der Waals surface area contributed by atoms with Gasteiger partial charge in [0.15, 0.2) is 5.82 Å². The Hall–Kier alpha value is -0.970. The fourth-order valence-electron chi connectivity index (χ4n) is 2.88. The van der Waals surface area contributed by atoms with Gasteiger partial charge in [-0.25, -0.2) is 4.68 Å². The molecule has 1 aliphatic carbocycles. The van der Waals surface area contributed by atoms with Crippen molar-refractivity contribution in [2.75, 3.05) is 6.54 Å². The van der Waals surface area contributed by atoms with Gasteiger partial charge in [0, 0.05) is 0 Å². The van der Waals surface area contributed by atoms with E-state index in [4.69, 9.17) is 0 Å². The zero-order chi connectivity index (χ0) is 13.9. The van der Waals surface area contributed by atoms with Crippen LogP contribution in [0.4, 0.5) is 0 Å². The van der Waals surface area contributed by atoms with Crippen molar-refractivity contribution in [3.63, 3.8) is 0 Å². The monoisotopic (exact) mass is 265 g/mol. The number of nitrogens with one attached hydrogen (secondary N) is 1. The molecule has 108 valence electrons. The summed E-state index contributed by atoms with van der Waals surface area (Å²) >= 11 is 0. The molecule has 5 heteroatoms. The topological polar surface area (TPSA) is 55.6 Å². The smallest absolute Gasteiger partial charge is 0.168 e. The Kier molecular flexibility index (Phi) is 4.55. The molecule has 1 atom stereocenters.